The lowest BCUT2D eigenvalue weighted by molar-refractivity contribution is -0.0851. The Bertz CT molecular complexity index is 640. The Morgan fingerprint density at radius 2 is 1.85 bits per heavy atom. The van der Waals surface area contributed by atoms with Crippen LogP contribution < -0.4 is 10.1 Å². The van der Waals surface area contributed by atoms with E-state index in [0.29, 0.717) is 16.3 Å². The Morgan fingerprint density at radius 3 is 2.55 bits per heavy atom. The maximum absolute atomic E-state index is 12.1. The minimum Gasteiger partial charge on any atom is -0.497 e. The molecular formula is C15H14N2O3. The van der Waals surface area contributed by atoms with Gasteiger partial charge in [-0.3, -0.25) is 10.0 Å². The summed E-state index contributed by atoms with van der Waals surface area (Å²) in [6.45, 7) is 0. The highest BCUT2D eigenvalue weighted by atomic mass is 16.5. The molecule has 3 rings (SSSR count). The van der Waals surface area contributed by atoms with Crippen molar-refractivity contribution in [1.29, 1.82) is 0 Å². The van der Waals surface area contributed by atoms with Gasteiger partial charge in [0.1, 0.15) is 5.75 Å². The Hall–Kier alpha value is -2.53. The molecule has 0 bridgehead atoms. The molecule has 2 aromatic carbocycles. The number of hydroxylamine groups is 2. The SMILES string of the molecule is COc1ccc(C2Nc3ccccc3C(=O)N2O)cc1. The third kappa shape index (κ3) is 1.98. The zero-order valence-corrected chi connectivity index (χ0v) is 10.9. The first kappa shape index (κ1) is 12.5. The van der Waals surface area contributed by atoms with E-state index in [2.05, 4.69) is 5.32 Å². The molecule has 0 aromatic heterocycles. The molecule has 5 heteroatoms. The maximum Gasteiger partial charge on any atom is 0.281 e. The Kier molecular flexibility index (Phi) is 3.04. The minimum absolute atomic E-state index is 0.417. The third-order valence-electron chi connectivity index (χ3n) is 3.33. The van der Waals surface area contributed by atoms with E-state index in [-0.39, 0.29) is 0 Å². The van der Waals surface area contributed by atoms with Gasteiger partial charge >= 0.3 is 0 Å². The van der Waals surface area contributed by atoms with E-state index in [0.717, 1.165) is 11.3 Å². The Labute approximate surface area is 116 Å². The van der Waals surface area contributed by atoms with Gasteiger partial charge < -0.3 is 10.1 Å². The number of rotatable bonds is 2. The largest absolute Gasteiger partial charge is 0.497 e. The van der Waals surface area contributed by atoms with Crippen LogP contribution in [0.2, 0.25) is 0 Å². The number of fused-ring (bicyclic) bond motifs is 1. The van der Waals surface area contributed by atoms with Crippen molar-refractivity contribution >= 4 is 11.6 Å². The van der Waals surface area contributed by atoms with Crippen LogP contribution in [0.1, 0.15) is 22.1 Å². The van der Waals surface area contributed by atoms with E-state index in [1.807, 2.05) is 12.1 Å². The molecule has 1 amide bonds. The first-order valence-corrected chi connectivity index (χ1v) is 6.22. The maximum atomic E-state index is 12.1. The van der Waals surface area contributed by atoms with Crippen LogP contribution in [0.4, 0.5) is 5.69 Å². The molecule has 1 heterocycles. The van der Waals surface area contributed by atoms with E-state index in [4.69, 9.17) is 4.74 Å². The monoisotopic (exact) mass is 270 g/mol. The van der Waals surface area contributed by atoms with Crippen molar-refractivity contribution < 1.29 is 14.7 Å². The van der Waals surface area contributed by atoms with Gasteiger partial charge in [0.2, 0.25) is 0 Å². The summed E-state index contributed by atoms with van der Waals surface area (Å²) < 4.78 is 5.10. The topological polar surface area (TPSA) is 61.8 Å². The number of carbonyl (C=O) groups excluding carboxylic acids is 1. The molecule has 20 heavy (non-hydrogen) atoms. The van der Waals surface area contributed by atoms with Crippen LogP contribution in [0, 0.1) is 0 Å². The summed E-state index contributed by atoms with van der Waals surface area (Å²) in [6, 6.07) is 14.3. The van der Waals surface area contributed by atoms with Crippen LogP contribution in [-0.2, 0) is 0 Å². The van der Waals surface area contributed by atoms with Crippen molar-refractivity contribution in [1.82, 2.24) is 5.06 Å². The minimum atomic E-state index is -0.608. The normalized spacial score (nSPS) is 17.4. The van der Waals surface area contributed by atoms with Gasteiger partial charge in [0.25, 0.3) is 5.91 Å². The average Bonchev–Trinajstić information content (AvgIpc) is 2.51. The first-order chi connectivity index (χ1) is 9.70. The molecule has 1 aliphatic rings. The molecule has 5 nitrogen and oxygen atoms in total. The molecule has 1 aliphatic heterocycles. The number of anilines is 1. The Morgan fingerprint density at radius 1 is 1.15 bits per heavy atom. The van der Waals surface area contributed by atoms with Crippen LogP contribution in [0.15, 0.2) is 48.5 Å². The summed E-state index contributed by atoms with van der Waals surface area (Å²) in [7, 11) is 1.59. The van der Waals surface area contributed by atoms with E-state index >= 15 is 0 Å². The van der Waals surface area contributed by atoms with Crippen molar-refractivity contribution in [3.8, 4) is 5.75 Å². The predicted molar refractivity (Wildman–Crippen MR) is 73.8 cm³/mol. The zero-order valence-electron chi connectivity index (χ0n) is 10.9. The van der Waals surface area contributed by atoms with Crippen molar-refractivity contribution in [2.45, 2.75) is 6.17 Å². The first-order valence-electron chi connectivity index (χ1n) is 6.22. The number of ether oxygens (including phenoxy) is 1. The second-order valence-corrected chi connectivity index (χ2v) is 4.52. The Balaban J connectivity index is 1.97. The molecule has 0 saturated heterocycles. The fourth-order valence-corrected chi connectivity index (χ4v) is 2.26. The van der Waals surface area contributed by atoms with E-state index < -0.39 is 12.1 Å². The molecule has 2 aromatic rings. The molecule has 0 aliphatic carbocycles. The summed E-state index contributed by atoms with van der Waals surface area (Å²) in [5.41, 5.74) is 1.94. The van der Waals surface area contributed by atoms with Crippen LogP contribution >= 0.6 is 0 Å². The number of hydrogen-bond acceptors (Lipinski definition) is 4. The van der Waals surface area contributed by atoms with E-state index in [1.165, 1.54) is 0 Å². The van der Waals surface area contributed by atoms with Gasteiger partial charge in [-0.15, -0.1) is 0 Å². The molecular weight excluding hydrogens is 256 g/mol. The highest BCUT2D eigenvalue weighted by Gasteiger charge is 2.31. The molecule has 102 valence electrons. The van der Waals surface area contributed by atoms with Crippen LogP contribution in [0.5, 0.6) is 5.75 Å². The molecule has 0 saturated carbocycles. The lowest BCUT2D eigenvalue weighted by Crippen LogP contribution is -2.40. The number of methoxy groups -OCH3 is 1. The van der Waals surface area contributed by atoms with Gasteiger partial charge in [-0.1, -0.05) is 24.3 Å². The number of nitrogens with one attached hydrogen (secondary N) is 1. The van der Waals surface area contributed by atoms with Crippen LogP contribution in [0.3, 0.4) is 0 Å². The van der Waals surface area contributed by atoms with Crippen molar-refractivity contribution in [2.24, 2.45) is 0 Å². The molecule has 0 radical (unpaired) electrons. The number of amides is 1. The van der Waals surface area contributed by atoms with E-state index in [1.54, 1.807) is 43.5 Å². The zero-order chi connectivity index (χ0) is 14.1. The van der Waals surface area contributed by atoms with Crippen molar-refractivity contribution in [3.05, 3.63) is 59.7 Å². The number of hydrogen-bond donors (Lipinski definition) is 2. The molecule has 1 atom stereocenters. The second kappa shape index (κ2) is 4.86. The summed E-state index contributed by atoms with van der Waals surface area (Å²) in [5.74, 6) is 0.306. The van der Waals surface area contributed by atoms with Crippen LogP contribution in [0.25, 0.3) is 0 Å². The third-order valence-corrected chi connectivity index (χ3v) is 3.33. The summed E-state index contributed by atoms with van der Waals surface area (Å²) in [6.07, 6.45) is -0.608. The number of carbonyl (C=O) groups is 1. The second-order valence-electron chi connectivity index (χ2n) is 4.52. The molecule has 1 unspecified atom stereocenters. The summed E-state index contributed by atoms with van der Waals surface area (Å²) in [5, 5.41) is 13.9. The number of benzene rings is 2. The van der Waals surface area contributed by atoms with Crippen LogP contribution in [-0.4, -0.2) is 23.3 Å². The summed E-state index contributed by atoms with van der Waals surface area (Å²) >= 11 is 0. The highest BCUT2D eigenvalue weighted by Crippen LogP contribution is 2.32. The highest BCUT2D eigenvalue weighted by molar-refractivity contribution is 6.00. The molecule has 2 N–H and O–H groups in total. The molecule has 0 spiro atoms. The fourth-order valence-electron chi connectivity index (χ4n) is 2.26. The van der Waals surface area contributed by atoms with Gasteiger partial charge in [-0.2, -0.15) is 5.06 Å². The quantitative estimate of drug-likeness (QED) is 0.824. The van der Waals surface area contributed by atoms with Gasteiger partial charge in [-0.25, -0.2) is 0 Å². The number of nitrogens with zero attached hydrogens (tertiary/aromatic N) is 1. The van der Waals surface area contributed by atoms with Gasteiger partial charge in [0.05, 0.1) is 12.7 Å². The smallest absolute Gasteiger partial charge is 0.281 e. The van der Waals surface area contributed by atoms with Gasteiger partial charge in [-0.05, 0) is 29.8 Å². The number of para-hydroxylation sites is 1. The van der Waals surface area contributed by atoms with Gasteiger partial charge in [0, 0.05) is 5.69 Å². The standard InChI is InChI=1S/C15H14N2O3/c1-20-11-8-6-10(7-9-11)14-16-13-5-3-2-4-12(13)15(18)17(14)19/h2-9,14,16,19H,1H3. The van der Waals surface area contributed by atoms with Crippen molar-refractivity contribution in [3.63, 3.8) is 0 Å². The summed E-state index contributed by atoms with van der Waals surface area (Å²) in [4.78, 5) is 12.1. The lowest BCUT2D eigenvalue weighted by atomic mass is 10.1. The molecule has 0 fully saturated rings. The predicted octanol–water partition coefficient (Wildman–Crippen LogP) is 2.65. The average molecular weight is 270 g/mol. The van der Waals surface area contributed by atoms with E-state index in [9.17, 15) is 10.0 Å². The lowest BCUT2D eigenvalue weighted by Gasteiger charge is -2.33. The van der Waals surface area contributed by atoms with Gasteiger partial charge in [0.15, 0.2) is 6.17 Å². The fraction of sp³-hybridized carbons (Fsp3) is 0.133. The van der Waals surface area contributed by atoms with Crippen molar-refractivity contribution in [2.75, 3.05) is 12.4 Å².